The van der Waals surface area contributed by atoms with Crippen molar-refractivity contribution < 1.29 is 36.6 Å². The monoisotopic (exact) mass is 493 g/mol. The molecule has 0 bridgehead atoms. The number of aryl methyl sites for hydroxylation is 1. The summed E-state index contributed by atoms with van der Waals surface area (Å²) in [6.45, 7) is 0.295. The van der Waals surface area contributed by atoms with Crippen molar-refractivity contribution in [3.05, 3.63) is 64.2 Å². The van der Waals surface area contributed by atoms with Crippen LogP contribution in [0, 0.1) is 17.0 Å². The van der Waals surface area contributed by atoms with E-state index in [0.717, 1.165) is 12.1 Å². The van der Waals surface area contributed by atoms with Crippen molar-refractivity contribution in [2.75, 3.05) is 23.8 Å². The molecular weight excluding hydrogens is 474 g/mol. The van der Waals surface area contributed by atoms with Crippen LogP contribution in [0.25, 0.3) is 0 Å². The van der Waals surface area contributed by atoms with Crippen molar-refractivity contribution in [3.8, 4) is 0 Å². The maximum atomic E-state index is 12.5. The van der Waals surface area contributed by atoms with Crippen LogP contribution in [-0.2, 0) is 30.9 Å². The Labute approximate surface area is 192 Å². The minimum absolute atomic E-state index is 0.0583. The predicted molar refractivity (Wildman–Crippen MR) is 115 cm³/mol. The molecule has 1 aromatic carbocycles. The van der Waals surface area contributed by atoms with E-state index < -0.39 is 50.6 Å². The Kier molecular flexibility index (Phi) is 7.60. The number of anilines is 2. The summed E-state index contributed by atoms with van der Waals surface area (Å²) in [6, 6.07) is 7.98. The zero-order valence-corrected chi connectivity index (χ0v) is 18.5. The summed E-state index contributed by atoms with van der Waals surface area (Å²) in [5.41, 5.74) is 0.118. The number of aromatic nitrogens is 1. The molecule has 3 rings (SSSR count). The lowest BCUT2D eigenvalue weighted by molar-refractivity contribution is -0.384. The van der Waals surface area contributed by atoms with Gasteiger partial charge < -0.3 is 19.0 Å². The normalized spacial score (nSPS) is 11.1. The van der Waals surface area contributed by atoms with Gasteiger partial charge in [-0.05, 0) is 31.2 Å². The summed E-state index contributed by atoms with van der Waals surface area (Å²) < 4.78 is 41.5. The van der Waals surface area contributed by atoms with Crippen molar-refractivity contribution in [1.82, 2.24) is 9.88 Å². The van der Waals surface area contributed by atoms with Gasteiger partial charge in [-0.1, -0.05) is 5.16 Å². The number of amides is 1. The second-order valence-corrected chi connectivity index (χ2v) is 8.50. The molecule has 0 aliphatic carbocycles. The first-order valence-electron chi connectivity index (χ1n) is 9.57. The second-order valence-electron chi connectivity index (χ2n) is 6.73. The molecule has 180 valence electrons. The fraction of sp³-hybridized carbons (Fsp3) is 0.211. The molecule has 0 saturated heterocycles. The van der Waals surface area contributed by atoms with Crippen molar-refractivity contribution in [3.63, 3.8) is 0 Å². The zero-order valence-electron chi connectivity index (χ0n) is 17.6. The summed E-state index contributed by atoms with van der Waals surface area (Å²) in [4.78, 5) is 33.8. The van der Waals surface area contributed by atoms with Gasteiger partial charge in [0, 0.05) is 12.1 Å². The molecule has 0 fully saturated rings. The van der Waals surface area contributed by atoms with Gasteiger partial charge in [0.15, 0.2) is 6.61 Å². The van der Waals surface area contributed by atoms with Gasteiger partial charge in [0.05, 0.1) is 28.3 Å². The number of hydrogen-bond donors (Lipinski definition) is 3. The second kappa shape index (κ2) is 10.6. The number of carbonyl (C=O) groups excluding carboxylic acids is 2. The topological polar surface area (TPSA) is 196 Å². The number of nitrogens with one attached hydrogen (secondary N) is 3. The largest absolute Gasteiger partial charge is 0.467 e. The van der Waals surface area contributed by atoms with Crippen LogP contribution in [0.2, 0.25) is 0 Å². The Bertz CT molecular complexity index is 1290. The van der Waals surface area contributed by atoms with Gasteiger partial charge >= 0.3 is 5.97 Å². The van der Waals surface area contributed by atoms with Gasteiger partial charge in [-0.25, -0.2) is 8.42 Å². The van der Waals surface area contributed by atoms with E-state index in [1.165, 1.54) is 18.4 Å². The van der Waals surface area contributed by atoms with Crippen LogP contribution in [0.3, 0.4) is 0 Å². The van der Waals surface area contributed by atoms with E-state index in [-0.39, 0.29) is 18.1 Å². The van der Waals surface area contributed by atoms with Crippen molar-refractivity contribution >= 4 is 39.2 Å². The highest BCUT2D eigenvalue weighted by Crippen LogP contribution is 2.28. The Morgan fingerprint density at radius 2 is 2.03 bits per heavy atom. The number of rotatable bonds is 11. The molecule has 15 heteroatoms. The maximum Gasteiger partial charge on any atom is 0.321 e. The predicted octanol–water partition coefficient (Wildman–Crippen LogP) is 1.56. The number of ether oxygens (including phenoxy) is 1. The van der Waals surface area contributed by atoms with Crippen LogP contribution in [0.15, 0.2) is 56.5 Å². The highest BCUT2D eigenvalue weighted by atomic mass is 32.2. The number of furan rings is 1. The molecule has 2 heterocycles. The van der Waals surface area contributed by atoms with E-state index >= 15 is 0 Å². The summed E-state index contributed by atoms with van der Waals surface area (Å²) in [5, 5.41) is 20.1. The van der Waals surface area contributed by atoms with Crippen LogP contribution >= 0.6 is 0 Å². The minimum Gasteiger partial charge on any atom is -0.467 e. The molecule has 3 N–H and O–H groups in total. The molecule has 0 spiro atoms. The van der Waals surface area contributed by atoms with E-state index in [1.807, 2.05) is 4.72 Å². The summed E-state index contributed by atoms with van der Waals surface area (Å²) in [5.74, 6) is -1.18. The SMILES string of the molecule is Cc1cc(NC(=O)COC(=O)CNS(=O)(=O)c2ccc(NCc3ccco3)c([N+](=O)[O-])c2)on1. The number of sulfonamides is 1. The molecule has 0 aliphatic heterocycles. The van der Waals surface area contributed by atoms with E-state index in [4.69, 9.17) is 13.7 Å². The fourth-order valence-electron chi connectivity index (χ4n) is 2.60. The van der Waals surface area contributed by atoms with E-state index in [9.17, 15) is 28.1 Å². The summed E-state index contributed by atoms with van der Waals surface area (Å²) >= 11 is 0. The van der Waals surface area contributed by atoms with Gasteiger partial charge in [0.25, 0.3) is 11.6 Å². The average Bonchev–Trinajstić information content (AvgIpc) is 3.46. The quantitative estimate of drug-likeness (QED) is 0.199. The van der Waals surface area contributed by atoms with Gasteiger partial charge in [-0.3, -0.25) is 25.0 Å². The molecule has 3 aromatic rings. The minimum atomic E-state index is -4.30. The number of benzene rings is 1. The van der Waals surface area contributed by atoms with Gasteiger partial charge in [0.2, 0.25) is 15.9 Å². The van der Waals surface area contributed by atoms with E-state index in [1.54, 1.807) is 19.1 Å². The Morgan fingerprint density at radius 3 is 2.68 bits per heavy atom. The molecule has 0 radical (unpaired) electrons. The number of nitrogens with zero attached hydrogens (tertiary/aromatic N) is 2. The molecular formula is C19H19N5O9S. The highest BCUT2D eigenvalue weighted by Gasteiger charge is 2.22. The summed E-state index contributed by atoms with van der Waals surface area (Å²) in [6.07, 6.45) is 1.45. The number of nitro benzene ring substituents is 1. The zero-order chi connectivity index (χ0) is 24.7. The first-order chi connectivity index (χ1) is 16.1. The molecule has 0 atom stereocenters. The standard InChI is InChI=1S/C19H19N5O9S/c1-12-7-18(33-23-12)22-17(25)11-32-19(26)10-21-34(29,30)14-4-5-15(16(8-14)24(27)28)20-9-13-3-2-6-31-13/h2-8,20-21H,9-11H2,1H3,(H,22,25). The smallest absolute Gasteiger partial charge is 0.321 e. The molecule has 1 amide bonds. The first kappa shape index (κ1) is 24.4. The molecule has 0 aliphatic rings. The number of hydrogen-bond acceptors (Lipinski definition) is 11. The third kappa shape index (κ3) is 6.63. The van der Waals surface area contributed by atoms with Crippen LogP contribution in [0.1, 0.15) is 11.5 Å². The van der Waals surface area contributed by atoms with E-state index in [2.05, 4.69) is 15.8 Å². The Hall–Kier alpha value is -4.24. The number of carbonyl (C=O) groups is 2. The first-order valence-corrected chi connectivity index (χ1v) is 11.1. The molecule has 34 heavy (non-hydrogen) atoms. The van der Waals surface area contributed by atoms with E-state index in [0.29, 0.717) is 11.5 Å². The molecule has 0 unspecified atom stereocenters. The van der Waals surface area contributed by atoms with Crippen molar-refractivity contribution in [1.29, 1.82) is 0 Å². The molecule has 14 nitrogen and oxygen atoms in total. The lowest BCUT2D eigenvalue weighted by Gasteiger charge is -2.10. The van der Waals surface area contributed by atoms with Crippen LogP contribution in [-0.4, -0.2) is 43.5 Å². The third-order valence-corrected chi connectivity index (χ3v) is 5.57. The Balaban J connectivity index is 1.55. The lowest BCUT2D eigenvalue weighted by Crippen LogP contribution is -2.32. The number of esters is 1. The van der Waals surface area contributed by atoms with Gasteiger partial charge in [-0.2, -0.15) is 4.72 Å². The van der Waals surface area contributed by atoms with Crippen molar-refractivity contribution in [2.45, 2.75) is 18.4 Å². The highest BCUT2D eigenvalue weighted by molar-refractivity contribution is 7.89. The molecule has 0 saturated carbocycles. The lowest BCUT2D eigenvalue weighted by atomic mass is 10.2. The van der Waals surface area contributed by atoms with Crippen LogP contribution in [0.4, 0.5) is 17.3 Å². The molecule has 2 aromatic heterocycles. The number of nitro groups is 1. The van der Waals surface area contributed by atoms with Crippen LogP contribution < -0.4 is 15.4 Å². The summed E-state index contributed by atoms with van der Waals surface area (Å²) in [7, 11) is -4.30. The van der Waals surface area contributed by atoms with Crippen LogP contribution in [0.5, 0.6) is 0 Å². The van der Waals surface area contributed by atoms with Gasteiger partial charge in [-0.15, -0.1) is 0 Å². The van der Waals surface area contributed by atoms with Crippen molar-refractivity contribution in [2.24, 2.45) is 0 Å². The average molecular weight is 493 g/mol. The Morgan fingerprint density at radius 1 is 1.24 bits per heavy atom. The fourth-order valence-corrected chi connectivity index (χ4v) is 3.59. The van der Waals surface area contributed by atoms with Gasteiger partial charge in [0.1, 0.15) is 18.0 Å². The third-order valence-electron chi connectivity index (χ3n) is 4.17. The maximum absolute atomic E-state index is 12.5.